The predicted octanol–water partition coefficient (Wildman–Crippen LogP) is 2.40. The fourth-order valence-electron chi connectivity index (χ4n) is 3.65. The number of fused-ring (bicyclic) bond motifs is 1. The lowest BCUT2D eigenvalue weighted by atomic mass is 9.82. The maximum absolute atomic E-state index is 12.7. The number of nitrogens with two attached hydrogens (primary N) is 1. The summed E-state index contributed by atoms with van der Waals surface area (Å²) < 4.78 is 11.2. The molecule has 136 valence electrons. The van der Waals surface area contributed by atoms with Crippen molar-refractivity contribution in [3.05, 3.63) is 23.8 Å². The minimum atomic E-state index is -0.380. The zero-order chi connectivity index (χ0) is 17.6. The van der Waals surface area contributed by atoms with Crippen LogP contribution in [-0.2, 0) is 4.79 Å². The highest BCUT2D eigenvalue weighted by Gasteiger charge is 2.27. The second kappa shape index (κ2) is 8.23. The molecule has 6 nitrogen and oxygen atoms in total. The van der Waals surface area contributed by atoms with Crippen molar-refractivity contribution in [1.82, 2.24) is 5.32 Å². The molecule has 1 aromatic carbocycles. The Bertz CT molecular complexity index is 626. The first kappa shape index (κ1) is 17.6. The van der Waals surface area contributed by atoms with Crippen LogP contribution in [0.4, 0.5) is 0 Å². The van der Waals surface area contributed by atoms with Gasteiger partial charge in [-0.05, 0) is 37.0 Å². The predicted molar refractivity (Wildman–Crippen MR) is 93.7 cm³/mol. The molecule has 0 bridgehead atoms. The Morgan fingerprint density at radius 2 is 1.80 bits per heavy atom. The van der Waals surface area contributed by atoms with E-state index in [2.05, 4.69) is 5.32 Å². The van der Waals surface area contributed by atoms with Crippen LogP contribution in [-0.4, -0.2) is 31.1 Å². The lowest BCUT2D eigenvalue weighted by Crippen LogP contribution is -2.43. The topological polar surface area (TPSA) is 90.7 Å². The van der Waals surface area contributed by atoms with Crippen molar-refractivity contribution in [2.75, 3.05) is 13.2 Å². The molecule has 1 heterocycles. The van der Waals surface area contributed by atoms with E-state index in [-0.39, 0.29) is 24.3 Å². The van der Waals surface area contributed by atoms with Crippen molar-refractivity contribution in [1.29, 1.82) is 0 Å². The minimum absolute atomic E-state index is 0.182. The van der Waals surface area contributed by atoms with Crippen LogP contribution in [0.25, 0.3) is 0 Å². The number of carbonyl (C=O) groups is 2. The highest BCUT2D eigenvalue weighted by Crippen LogP contribution is 2.31. The zero-order valence-corrected chi connectivity index (χ0v) is 14.5. The smallest absolute Gasteiger partial charge is 0.251 e. The van der Waals surface area contributed by atoms with E-state index in [9.17, 15) is 9.59 Å². The summed E-state index contributed by atoms with van der Waals surface area (Å²) in [5.74, 6) is 0.983. The molecular weight excluding hydrogens is 320 g/mol. The number of hydrogen-bond acceptors (Lipinski definition) is 4. The van der Waals surface area contributed by atoms with Gasteiger partial charge in [-0.3, -0.25) is 9.59 Å². The first-order valence-corrected chi connectivity index (χ1v) is 9.12. The first-order chi connectivity index (χ1) is 12.1. The molecule has 1 unspecified atom stereocenters. The normalized spacial score (nSPS) is 18.9. The fourth-order valence-corrected chi connectivity index (χ4v) is 3.65. The second-order valence-electron chi connectivity index (χ2n) is 6.86. The fraction of sp³-hybridized carbons (Fsp3) is 0.579. The van der Waals surface area contributed by atoms with Gasteiger partial charge < -0.3 is 20.5 Å². The summed E-state index contributed by atoms with van der Waals surface area (Å²) in [5, 5.41) is 3.02. The van der Waals surface area contributed by atoms with E-state index in [1.54, 1.807) is 18.2 Å². The SMILES string of the molecule is NC(=O)CC(NC(=O)c1ccc2c(c1)OCCCO2)C1CCCCC1. The largest absolute Gasteiger partial charge is 0.490 e. The van der Waals surface area contributed by atoms with Crippen LogP contribution in [0.3, 0.4) is 0 Å². The van der Waals surface area contributed by atoms with Crippen LogP contribution in [0.2, 0.25) is 0 Å². The third-order valence-corrected chi connectivity index (χ3v) is 4.97. The van der Waals surface area contributed by atoms with Crippen molar-refractivity contribution in [3.8, 4) is 11.5 Å². The average Bonchev–Trinajstić information content (AvgIpc) is 2.86. The molecule has 0 aromatic heterocycles. The number of hydrogen-bond donors (Lipinski definition) is 2. The molecule has 1 aliphatic carbocycles. The molecule has 0 radical (unpaired) electrons. The van der Waals surface area contributed by atoms with Gasteiger partial charge in [-0.2, -0.15) is 0 Å². The standard InChI is InChI=1S/C19H26N2O4/c20-18(22)12-15(13-5-2-1-3-6-13)21-19(23)14-7-8-16-17(11-14)25-10-4-9-24-16/h7-8,11,13,15H,1-6,9-10,12H2,(H2,20,22)(H,21,23). The molecule has 6 heteroatoms. The summed E-state index contributed by atoms with van der Waals surface area (Å²) in [6, 6.07) is 4.99. The van der Waals surface area contributed by atoms with Gasteiger partial charge in [0.15, 0.2) is 11.5 Å². The summed E-state index contributed by atoms with van der Waals surface area (Å²) >= 11 is 0. The Morgan fingerprint density at radius 3 is 2.52 bits per heavy atom. The van der Waals surface area contributed by atoms with Crippen molar-refractivity contribution in [3.63, 3.8) is 0 Å². The summed E-state index contributed by atoms with van der Waals surface area (Å²) in [6.45, 7) is 1.19. The monoisotopic (exact) mass is 346 g/mol. The quantitative estimate of drug-likeness (QED) is 0.856. The molecule has 1 saturated carbocycles. The van der Waals surface area contributed by atoms with Crippen LogP contribution in [0.15, 0.2) is 18.2 Å². The summed E-state index contributed by atoms with van der Waals surface area (Å²) in [4.78, 5) is 24.1. The van der Waals surface area contributed by atoms with Crippen molar-refractivity contribution in [2.45, 2.75) is 51.0 Å². The third-order valence-electron chi connectivity index (χ3n) is 4.97. The van der Waals surface area contributed by atoms with E-state index >= 15 is 0 Å². The summed E-state index contributed by atoms with van der Waals surface area (Å²) in [5.41, 5.74) is 5.90. The first-order valence-electron chi connectivity index (χ1n) is 9.12. The van der Waals surface area contributed by atoms with E-state index in [4.69, 9.17) is 15.2 Å². The van der Waals surface area contributed by atoms with Gasteiger partial charge in [-0.15, -0.1) is 0 Å². The third kappa shape index (κ3) is 4.65. The molecule has 1 aliphatic heterocycles. The molecule has 2 aliphatic rings. The van der Waals surface area contributed by atoms with Crippen LogP contribution in [0, 0.1) is 5.92 Å². The van der Waals surface area contributed by atoms with Crippen molar-refractivity contribution in [2.24, 2.45) is 11.7 Å². The molecule has 1 fully saturated rings. The van der Waals surface area contributed by atoms with Gasteiger partial charge in [0.2, 0.25) is 5.91 Å². The molecule has 2 amide bonds. The van der Waals surface area contributed by atoms with Crippen molar-refractivity contribution < 1.29 is 19.1 Å². The van der Waals surface area contributed by atoms with Crippen LogP contribution < -0.4 is 20.5 Å². The second-order valence-corrected chi connectivity index (χ2v) is 6.86. The van der Waals surface area contributed by atoms with Gasteiger partial charge in [0.25, 0.3) is 5.91 Å². The van der Waals surface area contributed by atoms with E-state index in [1.165, 1.54) is 6.42 Å². The van der Waals surface area contributed by atoms with Crippen LogP contribution >= 0.6 is 0 Å². The maximum Gasteiger partial charge on any atom is 0.251 e. The lowest BCUT2D eigenvalue weighted by Gasteiger charge is -2.30. The molecular formula is C19H26N2O4. The number of nitrogens with one attached hydrogen (secondary N) is 1. The Kier molecular flexibility index (Phi) is 5.79. The molecule has 1 aromatic rings. The zero-order valence-electron chi connectivity index (χ0n) is 14.5. The molecule has 25 heavy (non-hydrogen) atoms. The van der Waals surface area contributed by atoms with Gasteiger partial charge in [0.05, 0.1) is 13.2 Å². The van der Waals surface area contributed by atoms with Gasteiger partial charge in [0.1, 0.15) is 0 Å². The Balaban J connectivity index is 1.71. The lowest BCUT2D eigenvalue weighted by molar-refractivity contribution is -0.118. The number of ether oxygens (including phenoxy) is 2. The number of amides is 2. The Morgan fingerprint density at radius 1 is 1.08 bits per heavy atom. The highest BCUT2D eigenvalue weighted by atomic mass is 16.5. The van der Waals surface area contributed by atoms with Gasteiger partial charge >= 0.3 is 0 Å². The van der Waals surface area contributed by atoms with Crippen molar-refractivity contribution >= 4 is 11.8 Å². The molecule has 3 rings (SSSR count). The molecule has 3 N–H and O–H groups in total. The number of rotatable bonds is 5. The van der Waals surface area contributed by atoms with Crippen LogP contribution in [0.1, 0.15) is 55.3 Å². The highest BCUT2D eigenvalue weighted by molar-refractivity contribution is 5.95. The molecule has 0 saturated heterocycles. The van der Waals surface area contributed by atoms with Gasteiger partial charge in [-0.25, -0.2) is 0 Å². The Labute approximate surface area is 148 Å². The van der Waals surface area contributed by atoms with Gasteiger partial charge in [0, 0.05) is 24.4 Å². The number of carbonyl (C=O) groups excluding carboxylic acids is 2. The van der Waals surface area contributed by atoms with E-state index in [0.717, 1.165) is 32.1 Å². The van der Waals surface area contributed by atoms with E-state index in [0.29, 0.717) is 36.2 Å². The average molecular weight is 346 g/mol. The molecule has 1 atom stereocenters. The van der Waals surface area contributed by atoms with E-state index < -0.39 is 0 Å². The summed E-state index contributed by atoms with van der Waals surface area (Å²) in [6.07, 6.45) is 6.55. The van der Waals surface area contributed by atoms with Crippen LogP contribution in [0.5, 0.6) is 11.5 Å². The Hall–Kier alpha value is -2.24. The minimum Gasteiger partial charge on any atom is -0.490 e. The van der Waals surface area contributed by atoms with Gasteiger partial charge in [-0.1, -0.05) is 19.3 Å². The number of primary amides is 1. The summed E-state index contributed by atoms with van der Waals surface area (Å²) in [7, 11) is 0. The maximum atomic E-state index is 12.7. The van der Waals surface area contributed by atoms with E-state index in [1.807, 2.05) is 0 Å². The number of benzene rings is 1. The molecule has 0 spiro atoms.